The van der Waals surface area contributed by atoms with E-state index in [4.69, 9.17) is 9.47 Å². The Morgan fingerprint density at radius 2 is 1.88 bits per heavy atom. The van der Waals surface area contributed by atoms with Gasteiger partial charge in [0, 0.05) is 17.0 Å². The molecule has 0 N–H and O–H groups in total. The lowest BCUT2D eigenvalue weighted by atomic mass is 10.2. The Bertz CT molecular complexity index is 854. The zero-order valence-corrected chi connectivity index (χ0v) is 14.5. The number of nitrogens with zero attached hydrogens (tertiary/aromatic N) is 1. The molecule has 25 heavy (non-hydrogen) atoms. The van der Waals surface area contributed by atoms with Crippen LogP contribution < -0.4 is 4.74 Å². The Balaban J connectivity index is 1.56. The average Bonchev–Trinajstić information content (AvgIpc) is 3.14. The topological polar surface area (TPSA) is 48.4 Å². The molecule has 0 radical (unpaired) electrons. The number of hydrogen-bond acceptors (Lipinski definition) is 5. The number of carbonyl (C=O) groups is 1. The molecule has 0 saturated heterocycles. The van der Waals surface area contributed by atoms with Crippen molar-refractivity contribution in [3.8, 4) is 16.3 Å². The van der Waals surface area contributed by atoms with Crippen molar-refractivity contribution in [1.82, 2.24) is 4.98 Å². The van der Waals surface area contributed by atoms with Crippen molar-refractivity contribution >= 4 is 23.4 Å². The summed E-state index contributed by atoms with van der Waals surface area (Å²) in [6.07, 6.45) is 3.15. The van der Waals surface area contributed by atoms with Gasteiger partial charge in [0.1, 0.15) is 17.4 Å². The Morgan fingerprint density at radius 3 is 2.60 bits per heavy atom. The monoisotopic (exact) mass is 351 g/mol. The summed E-state index contributed by atoms with van der Waals surface area (Å²) in [5.41, 5.74) is 2.69. The third-order valence-corrected chi connectivity index (χ3v) is 4.40. The highest BCUT2D eigenvalue weighted by Crippen LogP contribution is 2.25. The quantitative estimate of drug-likeness (QED) is 0.482. The Kier molecular flexibility index (Phi) is 5.59. The summed E-state index contributed by atoms with van der Waals surface area (Å²) < 4.78 is 10.4. The van der Waals surface area contributed by atoms with E-state index in [-0.39, 0.29) is 12.6 Å². The van der Waals surface area contributed by atoms with Crippen molar-refractivity contribution in [2.75, 3.05) is 7.11 Å². The summed E-state index contributed by atoms with van der Waals surface area (Å²) in [7, 11) is 1.64. The molecule has 0 aliphatic carbocycles. The molecule has 0 bridgehead atoms. The number of esters is 1. The lowest BCUT2D eigenvalue weighted by Gasteiger charge is -2.00. The van der Waals surface area contributed by atoms with Gasteiger partial charge >= 0.3 is 5.97 Å². The van der Waals surface area contributed by atoms with Gasteiger partial charge in [-0.2, -0.15) is 0 Å². The fourth-order valence-electron chi connectivity index (χ4n) is 2.16. The zero-order chi connectivity index (χ0) is 17.5. The summed E-state index contributed by atoms with van der Waals surface area (Å²) >= 11 is 1.52. The van der Waals surface area contributed by atoms with Crippen molar-refractivity contribution in [3.63, 3.8) is 0 Å². The van der Waals surface area contributed by atoms with Gasteiger partial charge in [-0.1, -0.05) is 30.3 Å². The third-order valence-electron chi connectivity index (χ3n) is 3.46. The van der Waals surface area contributed by atoms with Crippen LogP contribution in [0.1, 0.15) is 11.3 Å². The van der Waals surface area contributed by atoms with Gasteiger partial charge in [-0.05, 0) is 35.9 Å². The van der Waals surface area contributed by atoms with Gasteiger partial charge in [0.15, 0.2) is 0 Å². The third kappa shape index (κ3) is 4.78. The van der Waals surface area contributed by atoms with Crippen molar-refractivity contribution in [2.45, 2.75) is 6.61 Å². The minimum atomic E-state index is -0.386. The highest BCUT2D eigenvalue weighted by atomic mass is 32.1. The summed E-state index contributed by atoms with van der Waals surface area (Å²) in [4.78, 5) is 16.3. The first-order valence-corrected chi connectivity index (χ1v) is 8.61. The molecule has 0 spiro atoms. The van der Waals surface area contributed by atoms with E-state index >= 15 is 0 Å². The second-order valence-electron chi connectivity index (χ2n) is 5.22. The van der Waals surface area contributed by atoms with Crippen LogP contribution in [0.5, 0.6) is 5.75 Å². The maximum absolute atomic E-state index is 11.8. The summed E-state index contributed by atoms with van der Waals surface area (Å²) in [6, 6.07) is 17.3. The smallest absolute Gasteiger partial charge is 0.331 e. The van der Waals surface area contributed by atoms with E-state index in [1.54, 1.807) is 13.2 Å². The molecule has 0 aliphatic heterocycles. The predicted molar refractivity (Wildman–Crippen MR) is 99.4 cm³/mol. The van der Waals surface area contributed by atoms with Crippen molar-refractivity contribution in [2.24, 2.45) is 0 Å². The molecule has 0 unspecified atom stereocenters. The van der Waals surface area contributed by atoms with Crippen molar-refractivity contribution in [1.29, 1.82) is 0 Å². The standard InChI is InChI=1S/C20H17NO3S/c1-23-18-10-8-16(9-11-18)20-21-17(14-25-20)13-24-19(22)12-7-15-5-3-2-4-6-15/h2-12,14H,13H2,1H3/b12-7+. The first-order valence-electron chi connectivity index (χ1n) is 7.73. The molecular formula is C20H17NO3S. The van der Waals surface area contributed by atoms with Crippen LogP contribution in [0, 0.1) is 0 Å². The summed E-state index contributed by atoms with van der Waals surface area (Å²) in [5, 5.41) is 2.78. The van der Waals surface area contributed by atoms with Gasteiger partial charge < -0.3 is 9.47 Å². The lowest BCUT2D eigenvalue weighted by molar-refractivity contribution is -0.139. The highest BCUT2D eigenvalue weighted by molar-refractivity contribution is 7.13. The number of methoxy groups -OCH3 is 1. The SMILES string of the molecule is COc1ccc(-c2nc(COC(=O)/C=C/c3ccccc3)cs2)cc1. The number of thiazole rings is 1. The molecule has 3 rings (SSSR count). The molecule has 126 valence electrons. The molecular weight excluding hydrogens is 334 g/mol. The van der Waals surface area contributed by atoms with Gasteiger partial charge in [0.2, 0.25) is 0 Å². The number of ether oxygens (including phenoxy) is 2. The first kappa shape index (κ1) is 16.9. The Labute approximate surface area is 150 Å². The molecule has 3 aromatic rings. The van der Waals surface area contributed by atoms with Crippen molar-refractivity contribution in [3.05, 3.63) is 77.3 Å². The van der Waals surface area contributed by atoms with Crippen LogP contribution in [0.15, 0.2) is 66.1 Å². The molecule has 2 aromatic carbocycles. The minimum absolute atomic E-state index is 0.157. The number of hydrogen-bond donors (Lipinski definition) is 0. The van der Waals surface area contributed by atoms with E-state index in [1.807, 2.05) is 60.0 Å². The molecule has 5 heteroatoms. The van der Waals surface area contributed by atoms with E-state index in [0.29, 0.717) is 0 Å². The molecule has 0 atom stereocenters. The number of benzene rings is 2. The van der Waals surface area contributed by atoms with Crippen LogP contribution in [-0.2, 0) is 16.1 Å². The van der Waals surface area contributed by atoms with Crippen LogP contribution in [0.2, 0.25) is 0 Å². The molecule has 1 aromatic heterocycles. The molecule has 0 aliphatic rings. The van der Waals surface area contributed by atoms with Gasteiger partial charge in [-0.3, -0.25) is 0 Å². The maximum Gasteiger partial charge on any atom is 0.331 e. The maximum atomic E-state index is 11.8. The van der Waals surface area contributed by atoms with E-state index < -0.39 is 0 Å². The van der Waals surface area contributed by atoms with Crippen LogP contribution >= 0.6 is 11.3 Å². The molecule has 0 saturated carbocycles. The Hall–Kier alpha value is -2.92. The van der Waals surface area contributed by atoms with Crippen molar-refractivity contribution < 1.29 is 14.3 Å². The van der Waals surface area contributed by atoms with Crippen LogP contribution in [0.4, 0.5) is 0 Å². The zero-order valence-electron chi connectivity index (χ0n) is 13.7. The van der Waals surface area contributed by atoms with Crippen LogP contribution in [-0.4, -0.2) is 18.1 Å². The lowest BCUT2D eigenvalue weighted by Crippen LogP contribution is -2.00. The first-order chi connectivity index (χ1) is 12.2. The second-order valence-corrected chi connectivity index (χ2v) is 6.08. The molecule has 0 amide bonds. The molecule has 4 nitrogen and oxygen atoms in total. The fourth-order valence-corrected chi connectivity index (χ4v) is 2.97. The second kappa shape index (κ2) is 8.26. The van der Waals surface area contributed by atoms with Crippen LogP contribution in [0.25, 0.3) is 16.6 Å². The van der Waals surface area contributed by atoms with E-state index in [9.17, 15) is 4.79 Å². The summed E-state index contributed by atoms with van der Waals surface area (Å²) in [5.74, 6) is 0.419. The predicted octanol–water partition coefficient (Wildman–Crippen LogP) is 4.58. The molecule has 0 fully saturated rings. The molecule has 1 heterocycles. The van der Waals surface area contributed by atoms with E-state index in [0.717, 1.165) is 27.6 Å². The number of carbonyl (C=O) groups excluding carboxylic acids is 1. The summed E-state index contributed by atoms with van der Waals surface area (Å²) in [6.45, 7) is 0.157. The van der Waals surface area contributed by atoms with Gasteiger partial charge in [-0.15, -0.1) is 11.3 Å². The average molecular weight is 351 g/mol. The highest BCUT2D eigenvalue weighted by Gasteiger charge is 2.07. The van der Waals surface area contributed by atoms with Gasteiger partial charge in [0.05, 0.1) is 12.8 Å². The normalized spacial score (nSPS) is 10.8. The Morgan fingerprint density at radius 1 is 1.12 bits per heavy atom. The van der Waals surface area contributed by atoms with Crippen LogP contribution in [0.3, 0.4) is 0 Å². The fraction of sp³-hybridized carbons (Fsp3) is 0.100. The van der Waals surface area contributed by atoms with E-state index in [2.05, 4.69) is 4.98 Å². The number of aromatic nitrogens is 1. The van der Waals surface area contributed by atoms with Gasteiger partial charge in [0.25, 0.3) is 0 Å². The minimum Gasteiger partial charge on any atom is -0.497 e. The van der Waals surface area contributed by atoms with E-state index in [1.165, 1.54) is 17.4 Å². The van der Waals surface area contributed by atoms with Gasteiger partial charge in [-0.25, -0.2) is 9.78 Å². The largest absolute Gasteiger partial charge is 0.497 e. The number of rotatable bonds is 6.